The minimum absolute atomic E-state index is 0.0145. The van der Waals surface area contributed by atoms with Gasteiger partial charge in [0.05, 0.1) is 11.9 Å². The number of para-hydroxylation sites is 1. The molecule has 1 amide bonds. The number of amides is 1. The standard InChI is InChI=1S/C26H24N6O3/c1-3-20(33)13-17-12-18(15-21(34)14-17)24-23-25(27)28-16-29-26(23)32(30-24)11-10-31(22(35)4-2)19-8-6-5-7-9-19/h3-9,12,14-16,34H,1-2,10-11,13H2,(H2,27,28,29). The fourth-order valence-corrected chi connectivity index (χ4v) is 3.85. The number of phenolic OH excluding ortho intramolecular Hbond substituents is 1. The molecule has 3 N–H and O–H groups in total. The normalized spacial score (nSPS) is 10.7. The first-order chi connectivity index (χ1) is 16.9. The Labute approximate surface area is 201 Å². The first kappa shape index (κ1) is 23.4. The molecule has 0 aliphatic heterocycles. The van der Waals surface area contributed by atoms with E-state index >= 15 is 0 Å². The highest BCUT2D eigenvalue weighted by Crippen LogP contribution is 2.33. The number of allylic oxidation sites excluding steroid dienone is 1. The number of nitrogens with zero attached hydrogens (tertiary/aromatic N) is 5. The topological polar surface area (TPSA) is 127 Å². The van der Waals surface area contributed by atoms with Crippen LogP contribution in [0.4, 0.5) is 11.5 Å². The lowest BCUT2D eigenvalue weighted by molar-refractivity contribution is -0.114. The fourth-order valence-electron chi connectivity index (χ4n) is 3.85. The van der Waals surface area contributed by atoms with Crippen molar-refractivity contribution in [2.45, 2.75) is 13.0 Å². The molecular formula is C26H24N6O3. The van der Waals surface area contributed by atoms with Gasteiger partial charge in [0.1, 0.15) is 23.6 Å². The molecule has 0 spiro atoms. The van der Waals surface area contributed by atoms with Gasteiger partial charge in [0, 0.05) is 24.2 Å². The summed E-state index contributed by atoms with van der Waals surface area (Å²) in [6.07, 6.45) is 3.94. The molecule has 0 aliphatic carbocycles. The number of nitrogens with two attached hydrogens (primary N) is 1. The van der Waals surface area contributed by atoms with Crippen LogP contribution in [0.3, 0.4) is 0 Å². The van der Waals surface area contributed by atoms with E-state index in [1.54, 1.807) is 15.6 Å². The van der Waals surface area contributed by atoms with Crippen LogP contribution in [-0.2, 0) is 22.6 Å². The number of benzene rings is 2. The zero-order valence-corrected chi connectivity index (χ0v) is 19.0. The number of carbonyl (C=O) groups is 2. The van der Waals surface area contributed by atoms with Gasteiger partial charge in [-0.3, -0.25) is 9.59 Å². The highest BCUT2D eigenvalue weighted by atomic mass is 16.3. The van der Waals surface area contributed by atoms with E-state index < -0.39 is 0 Å². The van der Waals surface area contributed by atoms with Crippen LogP contribution in [0.15, 0.2) is 80.2 Å². The summed E-state index contributed by atoms with van der Waals surface area (Å²) in [7, 11) is 0. The van der Waals surface area contributed by atoms with Gasteiger partial charge >= 0.3 is 0 Å². The van der Waals surface area contributed by atoms with Crippen LogP contribution >= 0.6 is 0 Å². The Hall–Kier alpha value is -4.79. The third-order valence-electron chi connectivity index (χ3n) is 5.46. The average molecular weight is 469 g/mol. The molecule has 2 aromatic heterocycles. The maximum atomic E-state index is 12.5. The van der Waals surface area contributed by atoms with Crippen molar-refractivity contribution in [1.82, 2.24) is 19.7 Å². The summed E-state index contributed by atoms with van der Waals surface area (Å²) in [5, 5.41) is 15.5. The quantitative estimate of drug-likeness (QED) is 0.361. The maximum Gasteiger partial charge on any atom is 0.250 e. The number of aromatic hydroxyl groups is 1. The van der Waals surface area contributed by atoms with E-state index in [0.717, 1.165) is 5.69 Å². The van der Waals surface area contributed by atoms with Crippen LogP contribution in [0, 0.1) is 0 Å². The van der Waals surface area contributed by atoms with Gasteiger partial charge in [0.2, 0.25) is 5.91 Å². The largest absolute Gasteiger partial charge is 0.508 e. The zero-order valence-electron chi connectivity index (χ0n) is 19.0. The van der Waals surface area contributed by atoms with Crippen molar-refractivity contribution < 1.29 is 14.7 Å². The van der Waals surface area contributed by atoms with Crippen LogP contribution < -0.4 is 10.6 Å². The third kappa shape index (κ3) is 4.93. The number of hydrogen-bond donors (Lipinski definition) is 2. The van der Waals surface area contributed by atoms with Crippen molar-refractivity contribution in [2.24, 2.45) is 0 Å². The highest BCUT2D eigenvalue weighted by molar-refractivity contribution is 6.01. The molecule has 0 aliphatic rings. The van der Waals surface area contributed by atoms with E-state index in [0.29, 0.717) is 40.9 Å². The van der Waals surface area contributed by atoms with E-state index in [-0.39, 0.29) is 29.7 Å². The second-order valence-corrected chi connectivity index (χ2v) is 7.79. The van der Waals surface area contributed by atoms with Crippen LogP contribution in [0.2, 0.25) is 0 Å². The summed E-state index contributed by atoms with van der Waals surface area (Å²) in [5.74, 6) is -0.205. The predicted molar refractivity (Wildman–Crippen MR) is 135 cm³/mol. The van der Waals surface area contributed by atoms with Crippen LogP contribution in [0.5, 0.6) is 5.75 Å². The predicted octanol–water partition coefficient (Wildman–Crippen LogP) is 3.30. The first-order valence-corrected chi connectivity index (χ1v) is 10.9. The Morgan fingerprint density at radius 2 is 1.86 bits per heavy atom. The molecule has 4 aromatic rings. The molecule has 9 heteroatoms. The van der Waals surface area contributed by atoms with Crippen molar-refractivity contribution in [3.05, 3.63) is 85.7 Å². The van der Waals surface area contributed by atoms with Gasteiger partial charge in [0.15, 0.2) is 11.4 Å². The molecule has 0 saturated heterocycles. The minimum Gasteiger partial charge on any atom is -0.508 e. The number of fused-ring (bicyclic) bond motifs is 1. The van der Waals surface area contributed by atoms with Gasteiger partial charge in [-0.15, -0.1) is 0 Å². The van der Waals surface area contributed by atoms with Gasteiger partial charge in [-0.05, 0) is 48.0 Å². The number of nitrogen functional groups attached to an aromatic ring is 1. The fraction of sp³-hybridized carbons (Fsp3) is 0.115. The molecule has 0 fully saturated rings. The first-order valence-electron chi connectivity index (χ1n) is 10.9. The molecule has 2 heterocycles. The molecule has 0 bridgehead atoms. The number of aromatic nitrogens is 4. The Morgan fingerprint density at radius 3 is 2.57 bits per heavy atom. The molecule has 9 nitrogen and oxygen atoms in total. The molecule has 35 heavy (non-hydrogen) atoms. The van der Waals surface area contributed by atoms with Crippen molar-refractivity contribution in [1.29, 1.82) is 0 Å². The number of ketones is 1. The Morgan fingerprint density at radius 1 is 1.09 bits per heavy atom. The molecule has 0 atom stereocenters. The van der Waals surface area contributed by atoms with Gasteiger partial charge in [-0.2, -0.15) is 5.10 Å². The Kier molecular flexibility index (Phi) is 6.68. The zero-order chi connectivity index (χ0) is 24.9. The summed E-state index contributed by atoms with van der Waals surface area (Å²) in [5.41, 5.74) is 9.03. The van der Waals surface area contributed by atoms with Crippen molar-refractivity contribution in [3.8, 4) is 17.0 Å². The van der Waals surface area contributed by atoms with Gasteiger partial charge in [-0.1, -0.05) is 31.4 Å². The molecule has 0 radical (unpaired) electrons. The molecule has 176 valence electrons. The monoisotopic (exact) mass is 468 g/mol. The second-order valence-electron chi connectivity index (χ2n) is 7.79. The molecular weight excluding hydrogens is 444 g/mol. The summed E-state index contributed by atoms with van der Waals surface area (Å²) in [6, 6.07) is 14.1. The number of carbonyl (C=O) groups excluding carboxylic acids is 2. The molecule has 0 saturated carbocycles. The lowest BCUT2D eigenvalue weighted by Gasteiger charge is -2.21. The van der Waals surface area contributed by atoms with E-state index in [4.69, 9.17) is 10.8 Å². The minimum atomic E-state index is -0.244. The molecule has 0 unspecified atom stereocenters. The van der Waals surface area contributed by atoms with Gasteiger partial charge in [-0.25, -0.2) is 14.6 Å². The Bertz CT molecular complexity index is 1430. The van der Waals surface area contributed by atoms with Crippen LogP contribution in [-0.4, -0.2) is 43.1 Å². The van der Waals surface area contributed by atoms with Gasteiger partial charge in [0.25, 0.3) is 0 Å². The van der Waals surface area contributed by atoms with Crippen molar-refractivity contribution >= 4 is 34.2 Å². The summed E-state index contributed by atoms with van der Waals surface area (Å²) in [4.78, 5) is 34.5. The maximum absolute atomic E-state index is 12.5. The van der Waals surface area contributed by atoms with Gasteiger partial charge < -0.3 is 15.7 Å². The molecule has 2 aromatic carbocycles. The number of anilines is 2. The third-order valence-corrected chi connectivity index (χ3v) is 5.46. The number of hydrogen-bond acceptors (Lipinski definition) is 7. The highest BCUT2D eigenvalue weighted by Gasteiger charge is 2.20. The molecule has 4 rings (SSSR count). The van der Waals surface area contributed by atoms with E-state index in [2.05, 4.69) is 23.1 Å². The Balaban J connectivity index is 1.75. The van der Waals surface area contributed by atoms with E-state index in [1.807, 2.05) is 30.3 Å². The van der Waals surface area contributed by atoms with E-state index in [1.165, 1.54) is 30.6 Å². The average Bonchev–Trinajstić information content (AvgIpc) is 3.24. The SMILES string of the molecule is C=CC(=O)Cc1cc(O)cc(-c2nn(CCN(C(=O)C=C)c3ccccc3)c3ncnc(N)c23)c1. The van der Waals surface area contributed by atoms with Crippen molar-refractivity contribution in [3.63, 3.8) is 0 Å². The second kappa shape index (κ2) is 10.0. The summed E-state index contributed by atoms with van der Waals surface area (Å²) < 4.78 is 1.65. The van der Waals surface area contributed by atoms with Crippen molar-refractivity contribution in [2.75, 3.05) is 17.2 Å². The lowest BCUT2D eigenvalue weighted by atomic mass is 10.0. The lowest BCUT2D eigenvalue weighted by Crippen LogP contribution is -2.32. The smallest absolute Gasteiger partial charge is 0.250 e. The summed E-state index contributed by atoms with van der Waals surface area (Å²) >= 11 is 0. The van der Waals surface area contributed by atoms with Crippen LogP contribution in [0.1, 0.15) is 5.56 Å². The van der Waals surface area contributed by atoms with E-state index in [9.17, 15) is 14.7 Å². The summed E-state index contributed by atoms with van der Waals surface area (Å²) in [6.45, 7) is 7.71. The van der Waals surface area contributed by atoms with Crippen LogP contribution in [0.25, 0.3) is 22.3 Å². The number of rotatable bonds is 9. The number of phenols is 1.